The van der Waals surface area contributed by atoms with Crippen LogP contribution in [0.5, 0.6) is 0 Å². The summed E-state index contributed by atoms with van der Waals surface area (Å²) in [5.41, 5.74) is 3.87. The van der Waals surface area contributed by atoms with E-state index in [2.05, 4.69) is 45.8 Å². The van der Waals surface area contributed by atoms with Gasteiger partial charge in [0.2, 0.25) is 0 Å². The average Bonchev–Trinajstić information content (AvgIpc) is 3.46. The molecule has 34 heavy (non-hydrogen) atoms. The molecule has 2 heterocycles. The molecule has 0 fully saturated rings. The number of amides is 1. The Morgan fingerprint density at radius 1 is 1.09 bits per heavy atom. The number of carbonyl (C=O) groups is 1. The molecule has 0 saturated heterocycles. The summed E-state index contributed by atoms with van der Waals surface area (Å²) in [7, 11) is 0. The summed E-state index contributed by atoms with van der Waals surface area (Å²) in [4.78, 5) is 14.5. The minimum atomic E-state index is -0.295. The molecule has 172 valence electrons. The smallest absolute Gasteiger partial charge is 0.253 e. The van der Waals surface area contributed by atoms with Crippen molar-refractivity contribution in [2.75, 3.05) is 5.75 Å². The second-order valence-corrected chi connectivity index (χ2v) is 10.1. The van der Waals surface area contributed by atoms with Gasteiger partial charge in [0.15, 0.2) is 0 Å². The number of hydrazone groups is 1. The van der Waals surface area contributed by atoms with E-state index >= 15 is 0 Å². The zero-order valence-electron chi connectivity index (χ0n) is 18.6. The van der Waals surface area contributed by atoms with E-state index in [-0.39, 0.29) is 23.5 Å². The van der Waals surface area contributed by atoms with Crippen LogP contribution in [-0.4, -0.2) is 26.9 Å². The maximum absolute atomic E-state index is 13.6. The lowest BCUT2D eigenvalue weighted by Gasteiger charge is -2.22. The Morgan fingerprint density at radius 3 is 2.56 bits per heavy atom. The van der Waals surface area contributed by atoms with Crippen LogP contribution in [0.1, 0.15) is 30.5 Å². The number of fused-ring (bicyclic) bond motifs is 1. The average molecular weight is 536 g/mol. The standard InChI is InChI=1S/C27H23BrFN3OS/c1-2-31-16-26(22-5-3-4-6-24(22)31)34-17-27(33)32-25(19-9-13-21(29)14-10-19)15-23(30-32)18-7-11-20(28)12-8-18/h3-14,16,25H,2,15,17H2,1H3/t25-/m0/s1. The molecule has 7 heteroatoms. The number of nitrogens with zero attached hydrogens (tertiary/aromatic N) is 3. The summed E-state index contributed by atoms with van der Waals surface area (Å²) in [5.74, 6) is -0.0942. The highest BCUT2D eigenvalue weighted by Crippen LogP contribution is 2.35. The quantitative estimate of drug-likeness (QED) is 0.248. The van der Waals surface area contributed by atoms with E-state index in [1.165, 1.54) is 29.4 Å². The minimum Gasteiger partial charge on any atom is -0.347 e. The normalized spacial score (nSPS) is 15.7. The molecular weight excluding hydrogens is 513 g/mol. The van der Waals surface area contributed by atoms with Gasteiger partial charge in [0, 0.05) is 39.4 Å². The van der Waals surface area contributed by atoms with Crippen molar-refractivity contribution in [3.63, 3.8) is 0 Å². The van der Waals surface area contributed by atoms with Crippen LogP contribution in [0.25, 0.3) is 10.9 Å². The molecule has 0 radical (unpaired) electrons. The van der Waals surface area contributed by atoms with Gasteiger partial charge in [0.05, 0.1) is 17.5 Å². The zero-order valence-corrected chi connectivity index (χ0v) is 21.0. The number of hydrogen-bond acceptors (Lipinski definition) is 3. The van der Waals surface area contributed by atoms with Gasteiger partial charge in [0.25, 0.3) is 5.91 Å². The maximum Gasteiger partial charge on any atom is 0.253 e. The van der Waals surface area contributed by atoms with Crippen LogP contribution in [0.2, 0.25) is 0 Å². The largest absolute Gasteiger partial charge is 0.347 e. The van der Waals surface area contributed by atoms with E-state index in [9.17, 15) is 9.18 Å². The van der Waals surface area contributed by atoms with Gasteiger partial charge in [-0.15, -0.1) is 11.8 Å². The van der Waals surface area contributed by atoms with Crippen molar-refractivity contribution < 1.29 is 9.18 Å². The molecule has 5 rings (SSSR count). The van der Waals surface area contributed by atoms with Crippen LogP contribution in [-0.2, 0) is 11.3 Å². The Labute approximate surface area is 210 Å². The molecule has 3 aromatic carbocycles. The molecule has 1 atom stereocenters. The second kappa shape index (κ2) is 9.76. The molecule has 0 spiro atoms. The fraction of sp³-hybridized carbons (Fsp3) is 0.185. The Hall–Kier alpha value is -2.90. The molecular formula is C27H23BrFN3OS. The van der Waals surface area contributed by atoms with Crippen molar-refractivity contribution in [3.05, 3.63) is 100 Å². The van der Waals surface area contributed by atoms with Crippen LogP contribution in [0.3, 0.4) is 0 Å². The molecule has 4 nitrogen and oxygen atoms in total. The molecule has 1 amide bonds. The highest BCUT2D eigenvalue weighted by atomic mass is 79.9. The van der Waals surface area contributed by atoms with Crippen molar-refractivity contribution in [1.29, 1.82) is 0 Å². The Balaban J connectivity index is 1.41. The van der Waals surface area contributed by atoms with Gasteiger partial charge in [-0.25, -0.2) is 9.40 Å². The highest BCUT2D eigenvalue weighted by molar-refractivity contribution is 9.10. The first-order valence-corrected chi connectivity index (χ1v) is 12.9. The van der Waals surface area contributed by atoms with Gasteiger partial charge in [0.1, 0.15) is 5.82 Å². The van der Waals surface area contributed by atoms with Crippen LogP contribution >= 0.6 is 27.7 Å². The van der Waals surface area contributed by atoms with E-state index in [4.69, 9.17) is 5.10 Å². The lowest BCUT2D eigenvalue weighted by atomic mass is 9.98. The van der Waals surface area contributed by atoms with Crippen LogP contribution in [0, 0.1) is 5.82 Å². The Morgan fingerprint density at radius 2 is 1.82 bits per heavy atom. The lowest BCUT2D eigenvalue weighted by Crippen LogP contribution is -2.28. The molecule has 0 saturated carbocycles. The number of para-hydroxylation sites is 1. The Kier molecular flexibility index (Phi) is 6.57. The summed E-state index contributed by atoms with van der Waals surface area (Å²) >= 11 is 5.00. The molecule has 0 aliphatic carbocycles. The molecule has 1 aromatic heterocycles. The number of aryl methyl sites for hydroxylation is 1. The zero-order chi connectivity index (χ0) is 23.7. The molecule has 4 aromatic rings. The van der Waals surface area contributed by atoms with Gasteiger partial charge in [-0.1, -0.05) is 58.4 Å². The molecule has 0 bridgehead atoms. The highest BCUT2D eigenvalue weighted by Gasteiger charge is 2.33. The van der Waals surface area contributed by atoms with Gasteiger partial charge >= 0.3 is 0 Å². The fourth-order valence-electron chi connectivity index (χ4n) is 4.30. The van der Waals surface area contributed by atoms with Crippen LogP contribution in [0.4, 0.5) is 4.39 Å². The molecule has 0 N–H and O–H groups in total. The third kappa shape index (κ3) is 4.55. The number of carbonyl (C=O) groups excluding carboxylic acids is 1. The number of rotatable bonds is 6. The van der Waals surface area contributed by atoms with E-state index in [1.54, 1.807) is 17.1 Å². The number of benzene rings is 3. The van der Waals surface area contributed by atoms with Crippen LogP contribution in [0.15, 0.2) is 93.5 Å². The second-order valence-electron chi connectivity index (χ2n) is 8.15. The summed E-state index contributed by atoms with van der Waals surface area (Å²) in [6.45, 7) is 2.98. The van der Waals surface area contributed by atoms with Gasteiger partial charge in [-0.3, -0.25) is 4.79 Å². The first-order valence-electron chi connectivity index (χ1n) is 11.1. The lowest BCUT2D eigenvalue weighted by molar-refractivity contribution is -0.130. The summed E-state index contributed by atoms with van der Waals surface area (Å²) < 4.78 is 16.7. The fourth-order valence-corrected chi connectivity index (χ4v) is 5.50. The predicted molar refractivity (Wildman–Crippen MR) is 140 cm³/mol. The minimum absolute atomic E-state index is 0.0697. The first-order chi connectivity index (χ1) is 16.5. The summed E-state index contributed by atoms with van der Waals surface area (Å²) in [6.07, 6.45) is 2.69. The topological polar surface area (TPSA) is 37.6 Å². The third-order valence-electron chi connectivity index (χ3n) is 6.04. The molecule has 0 unspecified atom stereocenters. The molecule has 1 aliphatic rings. The van der Waals surface area contributed by atoms with Crippen molar-refractivity contribution in [1.82, 2.24) is 9.58 Å². The number of thioether (sulfide) groups is 1. The van der Waals surface area contributed by atoms with E-state index in [0.29, 0.717) is 6.42 Å². The number of hydrogen-bond donors (Lipinski definition) is 0. The SMILES string of the molecule is CCn1cc(SCC(=O)N2N=C(c3ccc(Br)cc3)C[C@H]2c2ccc(F)cc2)c2ccccc21. The van der Waals surface area contributed by atoms with Crippen molar-refractivity contribution >= 4 is 50.2 Å². The van der Waals surface area contributed by atoms with Crippen molar-refractivity contribution in [3.8, 4) is 0 Å². The Bertz CT molecular complexity index is 1370. The van der Waals surface area contributed by atoms with Gasteiger partial charge in [-0.05, 0) is 48.4 Å². The summed E-state index contributed by atoms with van der Waals surface area (Å²) in [5, 5.41) is 7.47. The monoisotopic (exact) mass is 535 g/mol. The predicted octanol–water partition coefficient (Wildman–Crippen LogP) is 7.03. The van der Waals surface area contributed by atoms with Crippen molar-refractivity contribution in [2.24, 2.45) is 5.10 Å². The van der Waals surface area contributed by atoms with Crippen molar-refractivity contribution in [2.45, 2.75) is 30.8 Å². The van der Waals surface area contributed by atoms with Crippen LogP contribution < -0.4 is 0 Å². The third-order valence-corrected chi connectivity index (χ3v) is 7.60. The van der Waals surface area contributed by atoms with Gasteiger partial charge in [-0.2, -0.15) is 5.10 Å². The number of halogens is 2. The summed E-state index contributed by atoms with van der Waals surface area (Å²) in [6, 6.07) is 22.3. The maximum atomic E-state index is 13.6. The van der Waals surface area contributed by atoms with E-state index in [0.717, 1.165) is 38.1 Å². The van der Waals surface area contributed by atoms with Gasteiger partial charge < -0.3 is 4.57 Å². The molecule has 1 aliphatic heterocycles. The first kappa shape index (κ1) is 22.9. The number of aromatic nitrogens is 1. The van der Waals surface area contributed by atoms with E-state index < -0.39 is 0 Å². The van der Waals surface area contributed by atoms with E-state index in [1.807, 2.05) is 36.4 Å².